The molecule has 1 saturated carbocycles. The Labute approximate surface area is 110 Å². The van der Waals surface area contributed by atoms with Crippen molar-refractivity contribution in [1.82, 2.24) is 5.32 Å². The van der Waals surface area contributed by atoms with Crippen molar-refractivity contribution >= 4 is 23.1 Å². The summed E-state index contributed by atoms with van der Waals surface area (Å²) >= 11 is 3.68. The molecule has 0 aliphatic heterocycles. The molecule has 0 amide bonds. The van der Waals surface area contributed by atoms with Gasteiger partial charge in [-0.3, -0.25) is 0 Å². The summed E-state index contributed by atoms with van der Waals surface area (Å²) in [5, 5.41) is 5.72. The lowest BCUT2D eigenvalue weighted by Crippen LogP contribution is -2.15. The van der Waals surface area contributed by atoms with E-state index in [1.807, 2.05) is 11.8 Å². The summed E-state index contributed by atoms with van der Waals surface area (Å²) in [6.07, 6.45) is 2.69. The van der Waals surface area contributed by atoms with Gasteiger partial charge in [0, 0.05) is 17.5 Å². The van der Waals surface area contributed by atoms with Gasteiger partial charge >= 0.3 is 0 Å². The molecule has 1 aromatic carbocycles. The fraction of sp³-hybridized carbons (Fsp3) is 0.286. The molecule has 1 fully saturated rings. The molecule has 2 aromatic rings. The van der Waals surface area contributed by atoms with Crippen LogP contribution in [0.2, 0.25) is 0 Å². The number of hydrogen-bond acceptors (Lipinski definition) is 3. The minimum atomic E-state index is 0.773. The highest BCUT2D eigenvalue weighted by molar-refractivity contribution is 8.01. The predicted molar refractivity (Wildman–Crippen MR) is 74.7 cm³/mol. The number of hydrogen-bond donors (Lipinski definition) is 1. The largest absolute Gasteiger partial charge is 0.310 e. The summed E-state index contributed by atoms with van der Waals surface area (Å²) in [4.78, 5) is 1.38. The zero-order chi connectivity index (χ0) is 11.5. The van der Waals surface area contributed by atoms with Gasteiger partial charge < -0.3 is 5.32 Å². The Bertz CT molecular complexity index is 475. The van der Waals surface area contributed by atoms with Crippen LogP contribution in [0.15, 0.2) is 50.9 Å². The maximum Gasteiger partial charge on any atom is 0.0646 e. The standard InChI is InChI=1S/C14H15NS2/c1-2-5-13(17-14-6-3-9-16-14)11(4-1)10-15-12-7-8-12/h1-6,9,12,15H,7-8,10H2. The topological polar surface area (TPSA) is 12.0 Å². The van der Waals surface area contributed by atoms with Crippen molar-refractivity contribution in [2.24, 2.45) is 0 Å². The Balaban J connectivity index is 1.72. The molecule has 0 unspecified atom stereocenters. The van der Waals surface area contributed by atoms with Crippen LogP contribution < -0.4 is 5.32 Å². The highest BCUT2D eigenvalue weighted by atomic mass is 32.2. The van der Waals surface area contributed by atoms with Crippen molar-refractivity contribution in [3.63, 3.8) is 0 Å². The van der Waals surface area contributed by atoms with Gasteiger partial charge in [-0.25, -0.2) is 0 Å². The van der Waals surface area contributed by atoms with Gasteiger partial charge in [-0.1, -0.05) is 36.0 Å². The summed E-state index contributed by atoms with van der Waals surface area (Å²) < 4.78 is 1.36. The lowest BCUT2D eigenvalue weighted by Gasteiger charge is -2.08. The fourth-order valence-corrected chi connectivity index (χ4v) is 3.58. The summed E-state index contributed by atoms with van der Waals surface area (Å²) in [5.74, 6) is 0. The number of benzene rings is 1. The second kappa shape index (κ2) is 5.25. The Morgan fingerprint density at radius 1 is 1.18 bits per heavy atom. The van der Waals surface area contributed by atoms with E-state index in [0.29, 0.717) is 0 Å². The fourth-order valence-electron chi connectivity index (χ4n) is 1.72. The first kappa shape index (κ1) is 11.3. The first-order chi connectivity index (χ1) is 8.42. The normalized spacial score (nSPS) is 15.1. The molecule has 1 aliphatic rings. The Kier molecular flexibility index (Phi) is 3.50. The lowest BCUT2D eigenvalue weighted by molar-refractivity contribution is 0.680. The molecule has 1 aromatic heterocycles. The third-order valence-electron chi connectivity index (χ3n) is 2.84. The van der Waals surface area contributed by atoms with Crippen molar-refractivity contribution in [3.05, 3.63) is 47.3 Å². The van der Waals surface area contributed by atoms with Gasteiger partial charge in [-0.15, -0.1) is 11.3 Å². The molecule has 0 spiro atoms. The minimum Gasteiger partial charge on any atom is -0.310 e. The Hall–Kier alpha value is -0.770. The van der Waals surface area contributed by atoms with Gasteiger partial charge in [0.05, 0.1) is 4.21 Å². The molecular weight excluding hydrogens is 246 g/mol. The van der Waals surface area contributed by atoms with E-state index >= 15 is 0 Å². The van der Waals surface area contributed by atoms with Gasteiger partial charge in [0.2, 0.25) is 0 Å². The van der Waals surface area contributed by atoms with Crippen LogP contribution in [0.4, 0.5) is 0 Å². The lowest BCUT2D eigenvalue weighted by atomic mass is 10.2. The van der Waals surface area contributed by atoms with E-state index in [1.54, 1.807) is 11.3 Å². The van der Waals surface area contributed by atoms with Gasteiger partial charge in [0.1, 0.15) is 0 Å². The van der Waals surface area contributed by atoms with E-state index in [2.05, 4.69) is 47.1 Å². The number of thiophene rings is 1. The number of rotatable bonds is 5. The maximum absolute atomic E-state index is 3.58. The third kappa shape index (κ3) is 3.12. The highest BCUT2D eigenvalue weighted by Crippen LogP contribution is 2.33. The summed E-state index contributed by atoms with van der Waals surface area (Å²) in [7, 11) is 0. The zero-order valence-electron chi connectivity index (χ0n) is 9.56. The monoisotopic (exact) mass is 261 g/mol. The van der Waals surface area contributed by atoms with E-state index in [9.17, 15) is 0 Å². The molecule has 0 saturated heterocycles. The second-order valence-electron chi connectivity index (χ2n) is 4.30. The Morgan fingerprint density at radius 2 is 2.06 bits per heavy atom. The minimum absolute atomic E-state index is 0.773. The molecule has 1 nitrogen and oxygen atoms in total. The predicted octanol–water partition coefficient (Wildman–Crippen LogP) is 4.15. The van der Waals surface area contributed by atoms with Gasteiger partial charge in [0.25, 0.3) is 0 Å². The highest BCUT2D eigenvalue weighted by Gasteiger charge is 2.20. The maximum atomic E-state index is 3.58. The van der Waals surface area contributed by atoms with Crippen molar-refractivity contribution in [2.45, 2.75) is 34.5 Å². The van der Waals surface area contributed by atoms with E-state index in [4.69, 9.17) is 0 Å². The van der Waals surface area contributed by atoms with Gasteiger partial charge in [-0.2, -0.15) is 0 Å². The summed E-state index contributed by atoms with van der Waals surface area (Å²) in [6.45, 7) is 0.999. The van der Waals surface area contributed by atoms with Crippen molar-refractivity contribution in [3.8, 4) is 0 Å². The first-order valence-electron chi connectivity index (χ1n) is 5.94. The molecule has 3 heteroatoms. The van der Waals surface area contributed by atoms with E-state index < -0.39 is 0 Å². The molecule has 3 rings (SSSR count). The average Bonchev–Trinajstić information content (AvgIpc) is 3.05. The molecular formula is C14H15NS2. The zero-order valence-corrected chi connectivity index (χ0v) is 11.2. The summed E-state index contributed by atoms with van der Waals surface area (Å²) in [5.41, 5.74) is 1.41. The van der Waals surface area contributed by atoms with Crippen LogP contribution in [0.1, 0.15) is 18.4 Å². The quantitative estimate of drug-likeness (QED) is 0.867. The molecule has 0 radical (unpaired) electrons. The van der Waals surface area contributed by atoms with Crippen molar-refractivity contribution in [1.29, 1.82) is 0 Å². The molecule has 17 heavy (non-hydrogen) atoms. The summed E-state index contributed by atoms with van der Waals surface area (Å²) in [6, 6.07) is 13.8. The van der Waals surface area contributed by atoms with Crippen LogP contribution in [-0.4, -0.2) is 6.04 Å². The molecule has 1 aliphatic carbocycles. The average molecular weight is 261 g/mol. The van der Waals surface area contributed by atoms with Crippen LogP contribution in [-0.2, 0) is 6.54 Å². The Morgan fingerprint density at radius 3 is 2.82 bits per heavy atom. The van der Waals surface area contributed by atoms with Crippen LogP contribution >= 0.6 is 23.1 Å². The van der Waals surface area contributed by atoms with E-state index in [1.165, 1.54) is 27.5 Å². The van der Waals surface area contributed by atoms with Crippen molar-refractivity contribution in [2.75, 3.05) is 0 Å². The van der Waals surface area contributed by atoms with Crippen molar-refractivity contribution < 1.29 is 0 Å². The van der Waals surface area contributed by atoms with Crippen LogP contribution in [0.25, 0.3) is 0 Å². The van der Waals surface area contributed by atoms with E-state index in [0.717, 1.165) is 12.6 Å². The second-order valence-corrected chi connectivity index (χ2v) is 6.59. The number of nitrogens with one attached hydrogen (secondary N) is 1. The van der Waals surface area contributed by atoms with Crippen LogP contribution in [0, 0.1) is 0 Å². The smallest absolute Gasteiger partial charge is 0.0646 e. The van der Waals surface area contributed by atoms with E-state index in [-0.39, 0.29) is 0 Å². The first-order valence-corrected chi connectivity index (χ1v) is 7.64. The molecule has 0 atom stereocenters. The molecule has 88 valence electrons. The van der Waals surface area contributed by atoms with Crippen LogP contribution in [0.5, 0.6) is 0 Å². The molecule has 1 N–H and O–H groups in total. The van der Waals surface area contributed by atoms with Crippen LogP contribution in [0.3, 0.4) is 0 Å². The SMILES string of the molecule is c1csc(Sc2ccccc2CNC2CC2)c1. The van der Waals surface area contributed by atoms with Gasteiger partial charge in [-0.05, 0) is 35.9 Å². The van der Waals surface area contributed by atoms with Gasteiger partial charge in [0.15, 0.2) is 0 Å². The molecule has 1 heterocycles. The third-order valence-corrected chi connectivity index (χ3v) is 4.99. The molecule has 0 bridgehead atoms.